The molecule has 2 nitrogen and oxygen atoms in total. The van der Waals surface area contributed by atoms with E-state index in [2.05, 4.69) is 13.8 Å². The van der Waals surface area contributed by atoms with Crippen LogP contribution in [0, 0.1) is 0 Å². The molecular formula is C9H20FeO2. The van der Waals surface area contributed by atoms with E-state index in [1.54, 1.807) is 0 Å². The van der Waals surface area contributed by atoms with Gasteiger partial charge in [-0.15, -0.1) is 0 Å². The number of aliphatic carboxylic acids is 1. The molecule has 0 aliphatic rings. The van der Waals surface area contributed by atoms with E-state index in [1.165, 1.54) is 32.1 Å². The van der Waals surface area contributed by atoms with Gasteiger partial charge in [-0.25, -0.2) is 0 Å². The van der Waals surface area contributed by atoms with Gasteiger partial charge < -0.3 is 5.11 Å². The molecule has 0 aliphatic carbocycles. The Bertz CT molecular complexity index is 76.6. The molecule has 0 aromatic heterocycles. The van der Waals surface area contributed by atoms with Gasteiger partial charge in [-0.2, -0.15) is 0 Å². The summed E-state index contributed by atoms with van der Waals surface area (Å²) in [5, 5.41) is 7.42. The van der Waals surface area contributed by atoms with E-state index in [0.29, 0.717) is 0 Å². The predicted octanol–water partition coefficient (Wildman–Crippen LogP) is 3.07. The summed E-state index contributed by atoms with van der Waals surface area (Å²) in [6.07, 6.45) is 7.01. The first kappa shape index (κ1) is 17.9. The summed E-state index contributed by atoms with van der Waals surface area (Å²) in [6, 6.07) is 0. The van der Waals surface area contributed by atoms with E-state index in [-0.39, 0.29) is 17.1 Å². The van der Waals surface area contributed by atoms with Crippen LogP contribution in [0.1, 0.15) is 52.9 Å². The van der Waals surface area contributed by atoms with Gasteiger partial charge in [-0.1, -0.05) is 46.0 Å². The molecule has 1 N–H and O–H groups in total. The van der Waals surface area contributed by atoms with Crippen molar-refractivity contribution in [2.75, 3.05) is 0 Å². The second kappa shape index (κ2) is 17.2. The van der Waals surface area contributed by atoms with Gasteiger partial charge in [0.25, 0.3) is 5.97 Å². The Morgan fingerprint density at radius 1 is 1.08 bits per heavy atom. The average Bonchev–Trinajstić information content (AvgIpc) is 1.88. The summed E-state index contributed by atoms with van der Waals surface area (Å²) in [7, 11) is 0. The Balaban J connectivity index is -0.000000142. The maximum atomic E-state index is 9.00. The van der Waals surface area contributed by atoms with Crippen LogP contribution in [0.5, 0.6) is 0 Å². The van der Waals surface area contributed by atoms with Crippen LogP contribution in [0.4, 0.5) is 0 Å². The Labute approximate surface area is 86.2 Å². The quantitative estimate of drug-likeness (QED) is 0.579. The summed E-state index contributed by atoms with van der Waals surface area (Å²) < 4.78 is 0. The zero-order valence-corrected chi connectivity index (χ0v) is 9.35. The Morgan fingerprint density at radius 3 is 1.50 bits per heavy atom. The minimum absolute atomic E-state index is 0. The van der Waals surface area contributed by atoms with Gasteiger partial charge in [0.05, 0.1) is 0 Å². The van der Waals surface area contributed by atoms with E-state index >= 15 is 0 Å². The number of unbranched alkanes of at least 4 members (excludes halogenated alkanes) is 4. The van der Waals surface area contributed by atoms with Crippen molar-refractivity contribution in [3.8, 4) is 0 Å². The zero-order chi connectivity index (χ0) is 9.11. The minimum atomic E-state index is -0.833. The van der Waals surface area contributed by atoms with Crippen molar-refractivity contribution in [2.45, 2.75) is 52.9 Å². The Hall–Kier alpha value is -0.0105. The third-order valence-corrected chi connectivity index (χ3v) is 1.21. The van der Waals surface area contributed by atoms with Crippen molar-refractivity contribution < 1.29 is 27.0 Å². The molecule has 0 atom stereocenters. The van der Waals surface area contributed by atoms with Crippen LogP contribution in [-0.2, 0) is 21.9 Å². The van der Waals surface area contributed by atoms with Crippen LogP contribution in [-0.4, -0.2) is 11.1 Å². The van der Waals surface area contributed by atoms with Gasteiger partial charge in [0.1, 0.15) is 0 Å². The number of hydrogen-bond acceptors (Lipinski definition) is 1. The van der Waals surface area contributed by atoms with Crippen LogP contribution in [0.3, 0.4) is 0 Å². The topological polar surface area (TPSA) is 37.3 Å². The third kappa shape index (κ3) is 50.7. The van der Waals surface area contributed by atoms with E-state index < -0.39 is 5.97 Å². The molecule has 0 unspecified atom stereocenters. The second-order valence-corrected chi connectivity index (χ2v) is 2.58. The van der Waals surface area contributed by atoms with Crippen LogP contribution < -0.4 is 0 Å². The molecule has 0 saturated heterocycles. The molecule has 0 saturated carbocycles. The van der Waals surface area contributed by atoms with Crippen LogP contribution in [0.2, 0.25) is 0 Å². The van der Waals surface area contributed by atoms with Gasteiger partial charge >= 0.3 is 0 Å². The summed E-state index contributed by atoms with van der Waals surface area (Å²) >= 11 is 0. The first-order valence-corrected chi connectivity index (χ1v) is 4.34. The number of rotatable bonds is 4. The fourth-order valence-electron chi connectivity index (χ4n) is 0.677. The molecule has 0 amide bonds. The zero-order valence-electron chi connectivity index (χ0n) is 8.24. The predicted molar refractivity (Wildman–Crippen MR) is 47.7 cm³/mol. The first-order valence-electron chi connectivity index (χ1n) is 4.34. The Morgan fingerprint density at radius 2 is 1.33 bits per heavy atom. The molecule has 0 rings (SSSR count). The van der Waals surface area contributed by atoms with Gasteiger partial charge in [-0.3, -0.25) is 4.79 Å². The number of hydrogen-bond donors (Lipinski definition) is 1. The van der Waals surface area contributed by atoms with E-state index in [4.69, 9.17) is 9.90 Å². The van der Waals surface area contributed by atoms with E-state index in [1.807, 2.05) is 0 Å². The largest absolute Gasteiger partial charge is 0.481 e. The first-order chi connectivity index (χ1) is 5.15. The SMILES string of the molecule is CC(=O)O.CCCCCCC.[Fe]. The van der Waals surface area contributed by atoms with Gasteiger partial charge in [0.15, 0.2) is 0 Å². The van der Waals surface area contributed by atoms with Crippen LogP contribution >= 0.6 is 0 Å². The molecule has 0 aromatic rings. The summed E-state index contributed by atoms with van der Waals surface area (Å²) in [5.74, 6) is -0.833. The molecule has 0 radical (unpaired) electrons. The fourth-order valence-corrected chi connectivity index (χ4v) is 0.677. The average molecular weight is 216 g/mol. The van der Waals surface area contributed by atoms with Crippen LogP contribution in [0.15, 0.2) is 0 Å². The normalized spacial score (nSPS) is 7.58. The number of carboxylic acids is 1. The molecule has 0 fully saturated rings. The molecule has 0 heterocycles. The summed E-state index contributed by atoms with van der Waals surface area (Å²) in [4.78, 5) is 9.00. The molecule has 12 heavy (non-hydrogen) atoms. The van der Waals surface area contributed by atoms with Crippen molar-refractivity contribution in [3.63, 3.8) is 0 Å². The van der Waals surface area contributed by atoms with Crippen molar-refractivity contribution in [1.29, 1.82) is 0 Å². The van der Waals surface area contributed by atoms with Crippen molar-refractivity contribution in [1.82, 2.24) is 0 Å². The van der Waals surface area contributed by atoms with Crippen molar-refractivity contribution in [2.24, 2.45) is 0 Å². The van der Waals surface area contributed by atoms with E-state index in [9.17, 15) is 0 Å². The maximum absolute atomic E-state index is 9.00. The maximum Gasteiger partial charge on any atom is 0.300 e. The minimum Gasteiger partial charge on any atom is -0.481 e. The van der Waals surface area contributed by atoms with Gasteiger partial charge in [0.2, 0.25) is 0 Å². The standard InChI is InChI=1S/C7H16.C2H4O2.Fe/c1-3-5-7-6-4-2;1-2(3)4;/h3-7H2,1-2H3;1H3,(H,3,4);. The van der Waals surface area contributed by atoms with Gasteiger partial charge in [-0.05, 0) is 0 Å². The molecule has 0 aliphatic heterocycles. The van der Waals surface area contributed by atoms with Crippen molar-refractivity contribution >= 4 is 5.97 Å². The molecule has 0 aromatic carbocycles. The van der Waals surface area contributed by atoms with Crippen molar-refractivity contribution in [3.05, 3.63) is 0 Å². The van der Waals surface area contributed by atoms with E-state index in [0.717, 1.165) is 6.92 Å². The molecule has 76 valence electrons. The molecular weight excluding hydrogens is 196 g/mol. The fraction of sp³-hybridized carbons (Fsp3) is 0.889. The Kier molecular flexibility index (Phi) is 25.7. The summed E-state index contributed by atoms with van der Waals surface area (Å²) in [5.41, 5.74) is 0. The molecule has 3 heteroatoms. The van der Waals surface area contributed by atoms with Gasteiger partial charge in [0, 0.05) is 24.0 Å². The summed E-state index contributed by atoms with van der Waals surface area (Å²) in [6.45, 7) is 5.57. The second-order valence-electron chi connectivity index (χ2n) is 2.58. The molecule has 0 spiro atoms. The third-order valence-electron chi connectivity index (χ3n) is 1.21. The monoisotopic (exact) mass is 216 g/mol. The van der Waals surface area contributed by atoms with Crippen LogP contribution in [0.25, 0.3) is 0 Å². The number of carbonyl (C=O) groups is 1. The smallest absolute Gasteiger partial charge is 0.300 e. The molecule has 0 bridgehead atoms. The number of carboxylic acid groups (broad SMARTS) is 1.